The topological polar surface area (TPSA) is 82.6 Å². The highest BCUT2D eigenvalue weighted by Crippen LogP contribution is 2.41. The number of para-hydroxylation sites is 1. The number of nitrogens with zero attached hydrogens (tertiary/aromatic N) is 1. The Labute approximate surface area is 174 Å². The molecule has 1 aliphatic rings. The van der Waals surface area contributed by atoms with Crippen LogP contribution in [0.25, 0.3) is 16.7 Å². The van der Waals surface area contributed by atoms with Gasteiger partial charge in [-0.25, -0.2) is 0 Å². The molecule has 2 heterocycles. The molecule has 4 rings (SSSR count). The molecule has 1 aliphatic heterocycles. The van der Waals surface area contributed by atoms with E-state index in [1.807, 2.05) is 43.3 Å². The van der Waals surface area contributed by atoms with Gasteiger partial charge < -0.3 is 19.7 Å². The van der Waals surface area contributed by atoms with Gasteiger partial charge in [-0.2, -0.15) is 0 Å². The number of aliphatic hydroxyl groups is 1. The lowest BCUT2D eigenvalue weighted by atomic mass is 9.94. The van der Waals surface area contributed by atoms with E-state index < -0.39 is 17.7 Å². The van der Waals surface area contributed by atoms with E-state index in [2.05, 4.69) is 4.98 Å². The molecule has 0 aliphatic carbocycles. The first-order chi connectivity index (χ1) is 14.6. The number of H-pyrrole nitrogens is 1. The predicted octanol–water partition coefficient (Wildman–Crippen LogP) is 3.80. The molecule has 0 spiro atoms. The number of aromatic nitrogens is 1. The van der Waals surface area contributed by atoms with Crippen molar-refractivity contribution in [2.24, 2.45) is 0 Å². The summed E-state index contributed by atoms with van der Waals surface area (Å²) in [5.74, 6) is -1.47. The quantitative estimate of drug-likeness (QED) is 0.372. The fraction of sp³-hybridized carbons (Fsp3) is 0.250. The first-order valence-corrected chi connectivity index (χ1v) is 9.99. The summed E-state index contributed by atoms with van der Waals surface area (Å²) in [7, 11) is 1.55. The van der Waals surface area contributed by atoms with Gasteiger partial charge in [0, 0.05) is 41.9 Å². The predicted molar refractivity (Wildman–Crippen MR) is 115 cm³/mol. The summed E-state index contributed by atoms with van der Waals surface area (Å²) in [5, 5.41) is 12.0. The van der Waals surface area contributed by atoms with Gasteiger partial charge in [0.1, 0.15) is 5.76 Å². The number of carbonyl (C=O) groups is 2. The summed E-state index contributed by atoms with van der Waals surface area (Å²) >= 11 is 0. The zero-order chi connectivity index (χ0) is 21.3. The Hall–Kier alpha value is -3.38. The Morgan fingerprint density at radius 3 is 2.57 bits per heavy atom. The van der Waals surface area contributed by atoms with Gasteiger partial charge in [-0.15, -0.1) is 0 Å². The molecule has 154 valence electrons. The number of hydrogen-bond donors (Lipinski definition) is 2. The number of benzene rings is 2. The smallest absolute Gasteiger partial charge is 0.295 e. The number of methoxy groups -OCH3 is 1. The summed E-state index contributed by atoms with van der Waals surface area (Å²) in [5.41, 5.74) is 3.41. The maximum atomic E-state index is 13.0. The summed E-state index contributed by atoms with van der Waals surface area (Å²) < 4.78 is 5.15. The minimum absolute atomic E-state index is 0.102. The SMILES string of the molecule is CCc1ccc(/C(O)=C2\C(=O)C(=O)N(CCOC)C2c2c[nH]c3ccccc23)cc1. The zero-order valence-electron chi connectivity index (χ0n) is 17.0. The third-order valence-electron chi connectivity index (χ3n) is 5.63. The lowest BCUT2D eigenvalue weighted by Crippen LogP contribution is -2.32. The second-order valence-corrected chi connectivity index (χ2v) is 7.33. The van der Waals surface area contributed by atoms with Crippen LogP contribution in [0.2, 0.25) is 0 Å². The first kappa shape index (κ1) is 19.9. The van der Waals surface area contributed by atoms with Gasteiger partial charge >= 0.3 is 0 Å². The highest BCUT2D eigenvalue weighted by atomic mass is 16.5. The van der Waals surface area contributed by atoms with E-state index in [-0.39, 0.29) is 24.5 Å². The number of ketones is 1. The molecule has 1 aromatic heterocycles. The second-order valence-electron chi connectivity index (χ2n) is 7.33. The lowest BCUT2D eigenvalue weighted by Gasteiger charge is -2.24. The normalized spacial score (nSPS) is 18.5. The molecule has 3 aromatic rings. The standard InChI is InChI=1S/C24H24N2O4/c1-3-15-8-10-16(11-9-15)22(27)20-21(26(12-13-30-2)24(29)23(20)28)18-14-25-19-7-5-4-6-17(18)19/h4-11,14,21,25,27H,3,12-13H2,1-2H3/b22-20+. The van der Waals surface area contributed by atoms with Crippen LogP contribution < -0.4 is 0 Å². The van der Waals surface area contributed by atoms with Crippen LogP contribution in [0.1, 0.15) is 29.7 Å². The number of Topliss-reactive ketones (excluding diaryl/α,β-unsaturated/α-hetero) is 1. The molecule has 6 nitrogen and oxygen atoms in total. The van der Waals surface area contributed by atoms with Crippen molar-refractivity contribution in [2.75, 3.05) is 20.3 Å². The number of amides is 1. The second kappa shape index (κ2) is 8.16. The van der Waals surface area contributed by atoms with E-state index in [0.717, 1.165) is 28.5 Å². The van der Waals surface area contributed by atoms with Crippen molar-refractivity contribution in [3.63, 3.8) is 0 Å². The number of nitrogens with one attached hydrogen (secondary N) is 1. The third kappa shape index (κ3) is 3.29. The highest BCUT2D eigenvalue weighted by molar-refractivity contribution is 6.46. The van der Waals surface area contributed by atoms with Gasteiger partial charge in [-0.3, -0.25) is 9.59 Å². The fourth-order valence-corrected chi connectivity index (χ4v) is 4.00. The Balaban J connectivity index is 1.89. The molecular formula is C24H24N2O4. The molecule has 30 heavy (non-hydrogen) atoms. The molecule has 2 aromatic carbocycles. The molecule has 1 atom stereocenters. The molecule has 0 radical (unpaired) electrons. The van der Waals surface area contributed by atoms with E-state index in [1.165, 1.54) is 4.90 Å². The lowest BCUT2D eigenvalue weighted by molar-refractivity contribution is -0.140. The molecule has 6 heteroatoms. The molecule has 2 N–H and O–H groups in total. The highest BCUT2D eigenvalue weighted by Gasteiger charge is 2.46. The van der Waals surface area contributed by atoms with Crippen molar-refractivity contribution < 1.29 is 19.4 Å². The Bertz CT molecular complexity index is 1130. The van der Waals surface area contributed by atoms with Gasteiger partial charge in [0.05, 0.1) is 18.2 Å². The van der Waals surface area contributed by atoms with Crippen molar-refractivity contribution in [1.82, 2.24) is 9.88 Å². The van der Waals surface area contributed by atoms with Gasteiger partial charge in [0.25, 0.3) is 11.7 Å². The number of fused-ring (bicyclic) bond motifs is 1. The average Bonchev–Trinajstić information content (AvgIpc) is 3.31. The van der Waals surface area contributed by atoms with Crippen molar-refractivity contribution in [1.29, 1.82) is 0 Å². The molecular weight excluding hydrogens is 380 g/mol. The van der Waals surface area contributed by atoms with Crippen LogP contribution >= 0.6 is 0 Å². The number of hydrogen-bond acceptors (Lipinski definition) is 4. The molecule has 1 saturated heterocycles. The van der Waals surface area contributed by atoms with Crippen LogP contribution in [0.5, 0.6) is 0 Å². The number of ether oxygens (including phenoxy) is 1. The van der Waals surface area contributed by atoms with Gasteiger partial charge in [-0.1, -0.05) is 49.4 Å². The Morgan fingerprint density at radius 2 is 1.87 bits per heavy atom. The molecule has 0 bridgehead atoms. The number of likely N-dealkylation sites (tertiary alicyclic amines) is 1. The van der Waals surface area contributed by atoms with Crippen molar-refractivity contribution in [3.05, 3.63) is 77.0 Å². The van der Waals surface area contributed by atoms with Crippen molar-refractivity contribution in [2.45, 2.75) is 19.4 Å². The van der Waals surface area contributed by atoms with Crippen LogP contribution in [0, 0.1) is 0 Å². The van der Waals surface area contributed by atoms with E-state index in [9.17, 15) is 14.7 Å². The number of carbonyl (C=O) groups excluding carboxylic acids is 2. The van der Waals surface area contributed by atoms with E-state index >= 15 is 0 Å². The number of aromatic amines is 1. The number of rotatable bonds is 6. The van der Waals surface area contributed by atoms with E-state index in [0.29, 0.717) is 5.56 Å². The van der Waals surface area contributed by atoms with E-state index in [1.54, 1.807) is 25.4 Å². The van der Waals surface area contributed by atoms with Crippen LogP contribution in [0.15, 0.2) is 60.3 Å². The minimum atomic E-state index is -0.692. The van der Waals surface area contributed by atoms with Crippen LogP contribution in [0.4, 0.5) is 0 Å². The Morgan fingerprint density at radius 1 is 1.13 bits per heavy atom. The summed E-state index contributed by atoms with van der Waals surface area (Å²) in [6.45, 7) is 2.58. The molecule has 0 saturated carbocycles. The van der Waals surface area contributed by atoms with Gasteiger partial charge in [-0.05, 0) is 18.1 Å². The number of aliphatic hydroxyl groups excluding tert-OH is 1. The van der Waals surface area contributed by atoms with Crippen LogP contribution in [-0.4, -0.2) is 46.9 Å². The maximum Gasteiger partial charge on any atom is 0.295 e. The fourth-order valence-electron chi connectivity index (χ4n) is 4.00. The minimum Gasteiger partial charge on any atom is -0.507 e. The third-order valence-corrected chi connectivity index (χ3v) is 5.63. The average molecular weight is 404 g/mol. The van der Waals surface area contributed by atoms with Gasteiger partial charge in [0.15, 0.2) is 0 Å². The molecule has 1 amide bonds. The number of aryl methyl sites for hydroxylation is 1. The summed E-state index contributed by atoms with van der Waals surface area (Å²) in [6.07, 6.45) is 2.67. The van der Waals surface area contributed by atoms with Crippen LogP contribution in [-0.2, 0) is 20.7 Å². The maximum absolute atomic E-state index is 13.0. The molecule has 1 fully saturated rings. The first-order valence-electron chi connectivity index (χ1n) is 9.99. The van der Waals surface area contributed by atoms with Crippen molar-refractivity contribution in [3.8, 4) is 0 Å². The Kier molecular flexibility index (Phi) is 5.42. The monoisotopic (exact) mass is 404 g/mol. The largest absolute Gasteiger partial charge is 0.507 e. The van der Waals surface area contributed by atoms with Crippen molar-refractivity contribution >= 4 is 28.4 Å². The summed E-state index contributed by atoms with van der Waals surface area (Å²) in [6, 6.07) is 14.4. The van der Waals surface area contributed by atoms with Crippen LogP contribution in [0.3, 0.4) is 0 Å². The van der Waals surface area contributed by atoms with Gasteiger partial charge in [0.2, 0.25) is 0 Å². The molecule has 1 unspecified atom stereocenters. The van der Waals surface area contributed by atoms with E-state index in [4.69, 9.17) is 4.74 Å². The summed E-state index contributed by atoms with van der Waals surface area (Å²) in [4.78, 5) is 30.5. The zero-order valence-corrected chi connectivity index (χ0v) is 17.0.